The van der Waals surface area contributed by atoms with Crippen molar-refractivity contribution in [3.8, 4) is 0 Å². The summed E-state index contributed by atoms with van der Waals surface area (Å²) in [6.45, 7) is 1.11. The summed E-state index contributed by atoms with van der Waals surface area (Å²) in [7, 11) is 0. The quantitative estimate of drug-likeness (QED) is 0.127. The molecule has 0 saturated heterocycles. The molecule has 0 aromatic rings. The number of carbonyl (C=O) groups is 1. The van der Waals surface area contributed by atoms with Crippen LogP contribution in [0, 0.1) is 5.41 Å². The van der Waals surface area contributed by atoms with E-state index in [0.29, 0.717) is 0 Å². The second-order valence-electron chi connectivity index (χ2n) is 0.968. The standard InChI is InChI=1S/C2H4O3.CH4N2S/c1-2(3)5-4;2-1(3)4/h4H,1H3;(H4,2,3,4). The van der Waals surface area contributed by atoms with Crippen molar-refractivity contribution in [2.24, 2.45) is 5.73 Å². The van der Waals surface area contributed by atoms with Crippen LogP contribution in [0.1, 0.15) is 6.92 Å². The summed E-state index contributed by atoms with van der Waals surface area (Å²) in [5.41, 5.74) is 4.56. The molecule has 0 aliphatic carbocycles. The van der Waals surface area contributed by atoms with Crippen LogP contribution >= 0.6 is 12.6 Å². The fourth-order valence-corrected chi connectivity index (χ4v) is 0. The SMILES string of the molecule is CC(=O)OO.N=C(N)S. The average molecular weight is 152 g/mol. The normalized spacial score (nSPS) is 6.56. The van der Waals surface area contributed by atoms with Crippen LogP contribution in [0.3, 0.4) is 0 Å². The molecule has 0 aliphatic rings. The first-order valence-electron chi connectivity index (χ1n) is 1.85. The maximum Gasteiger partial charge on any atom is 0.339 e. The topological polar surface area (TPSA) is 96.4 Å². The minimum Gasteiger partial charge on any atom is -0.379 e. The predicted octanol–water partition coefficient (Wildman–Crippen LogP) is -0.168. The van der Waals surface area contributed by atoms with Gasteiger partial charge in [0.2, 0.25) is 0 Å². The van der Waals surface area contributed by atoms with Crippen molar-refractivity contribution in [2.75, 3.05) is 0 Å². The number of nitrogens with two attached hydrogens (primary N) is 1. The van der Waals surface area contributed by atoms with E-state index < -0.39 is 5.97 Å². The third kappa shape index (κ3) is 128. The van der Waals surface area contributed by atoms with Crippen LogP contribution in [0.5, 0.6) is 0 Å². The molecule has 0 aliphatic heterocycles. The molecule has 4 N–H and O–H groups in total. The molecule has 9 heavy (non-hydrogen) atoms. The first-order chi connectivity index (χ1) is 4.00. The molecule has 0 aromatic carbocycles. The third-order valence-electron chi connectivity index (χ3n) is 0.129. The Hall–Kier alpha value is -0.750. The van der Waals surface area contributed by atoms with E-state index in [9.17, 15) is 4.79 Å². The molecular weight excluding hydrogens is 144 g/mol. The van der Waals surface area contributed by atoms with Gasteiger partial charge in [-0.1, -0.05) is 0 Å². The van der Waals surface area contributed by atoms with Crippen molar-refractivity contribution >= 4 is 23.8 Å². The molecule has 0 heterocycles. The molecule has 0 atom stereocenters. The molecule has 54 valence electrons. The number of hydrogen-bond acceptors (Lipinski definition) is 4. The van der Waals surface area contributed by atoms with E-state index in [-0.39, 0.29) is 5.17 Å². The smallest absolute Gasteiger partial charge is 0.339 e. The van der Waals surface area contributed by atoms with E-state index in [1.807, 2.05) is 0 Å². The fraction of sp³-hybridized carbons (Fsp3) is 0.333. The van der Waals surface area contributed by atoms with Gasteiger partial charge in [-0.05, 0) is 0 Å². The van der Waals surface area contributed by atoms with Crippen molar-refractivity contribution in [1.82, 2.24) is 0 Å². The second-order valence-corrected chi connectivity index (χ2v) is 1.45. The lowest BCUT2D eigenvalue weighted by molar-refractivity contribution is -0.231. The van der Waals surface area contributed by atoms with E-state index in [1.54, 1.807) is 0 Å². The van der Waals surface area contributed by atoms with Crippen LogP contribution in [0.25, 0.3) is 0 Å². The van der Waals surface area contributed by atoms with Gasteiger partial charge < -0.3 is 10.6 Å². The van der Waals surface area contributed by atoms with Crippen LogP contribution < -0.4 is 5.73 Å². The number of carbonyl (C=O) groups excluding carboxylic acids is 1. The van der Waals surface area contributed by atoms with E-state index in [1.165, 1.54) is 0 Å². The van der Waals surface area contributed by atoms with Gasteiger partial charge >= 0.3 is 5.97 Å². The van der Waals surface area contributed by atoms with Crippen LogP contribution in [0.4, 0.5) is 0 Å². The predicted molar refractivity (Wildman–Crippen MR) is 35.3 cm³/mol. The van der Waals surface area contributed by atoms with E-state index in [4.69, 9.17) is 10.7 Å². The van der Waals surface area contributed by atoms with Crippen LogP contribution in [-0.2, 0) is 9.68 Å². The van der Waals surface area contributed by atoms with Crippen LogP contribution in [0.15, 0.2) is 0 Å². The molecule has 0 rings (SSSR count). The Labute approximate surface area is 57.7 Å². The minimum atomic E-state index is -0.690. The number of hydrogen-bond donors (Lipinski definition) is 4. The van der Waals surface area contributed by atoms with Gasteiger partial charge in [0.25, 0.3) is 0 Å². The molecule has 5 nitrogen and oxygen atoms in total. The lowest BCUT2D eigenvalue weighted by atomic mass is 10.9. The summed E-state index contributed by atoms with van der Waals surface area (Å²) >= 11 is 3.33. The first-order valence-corrected chi connectivity index (χ1v) is 2.30. The van der Waals surface area contributed by atoms with Gasteiger partial charge in [-0.3, -0.25) is 5.41 Å². The molecule has 0 amide bonds. The Balaban J connectivity index is 0. The van der Waals surface area contributed by atoms with Crippen molar-refractivity contribution in [3.63, 3.8) is 0 Å². The van der Waals surface area contributed by atoms with Gasteiger partial charge in [-0.2, -0.15) is 5.26 Å². The van der Waals surface area contributed by atoms with Crippen LogP contribution in [-0.4, -0.2) is 16.4 Å². The lowest BCUT2D eigenvalue weighted by Crippen LogP contribution is -1.96. The van der Waals surface area contributed by atoms with Gasteiger partial charge in [-0.15, -0.1) is 12.6 Å². The Morgan fingerprint density at radius 2 is 2.00 bits per heavy atom. The summed E-state index contributed by atoms with van der Waals surface area (Å²) < 4.78 is 0. The highest BCUT2D eigenvalue weighted by Crippen LogP contribution is 1.59. The molecule has 0 aromatic heterocycles. The first kappa shape index (κ1) is 11.1. The van der Waals surface area contributed by atoms with Gasteiger partial charge in [-0.25, -0.2) is 4.79 Å². The zero-order chi connectivity index (χ0) is 7.86. The molecule has 0 bridgehead atoms. The fourth-order valence-electron chi connectivity index (χ4n) is 0. The Morgan fingerprint density at radius 1 is 1.89 bits per heavy atom. The van der Waals surface area contributed by atoms with Crippen LogP contribution in [0.2, 0.25) is 0 Å². The highest BCUT2D eigenvalue weighted by atomic mass is 32.1. The summed E-state index contributed by atoms with van der Waals surface area (Å²) in [6.07, 6.45) is 0. The molecule has 6 heteroatoms. The molecule has 0 fully saturated rings. The molecule has 0 saturated carbocycles. The van der Waals surface area contributed by atoms with E-state index >= 15 is 0 Å². The molecule has 0 radical (unpaired) electrons. The zero-order valence-corrected chi connectivity index (χ0v) is 5.68. The largest absolute Gasteiger partial charge is 0.379 e. The molecule has 0 spiro atoms. The maximum absolute atomic E-state index is 9.34. The highest BCUT2D eigenvalue weighted by molar-refractivity contribution is 7.96. The Kier molecular flexibility index (Phi) is 8.94. The van der Waals surface area contributed by atoms with Gasteiger partial charge in [0.1, 0.15) is 5.17 Å². The monoisotopic (exact) mass is 152 g/mol. The third-order valence-corrected chi connectivity index (χ3v) is 0.129. The van der Waals surface area contributed by atoms with Crippen molar-refractivity contribution in [1.29, 1.82) is 5.41 Å². The van der Waals surface area contributed by atoms with Gasteiger partial charge in [0, 0.05) is 6.92 Å². The number of nitrogens with one attached hydrogen (secondary N) is 1. The maximum atomic E-state index is 9.34. The highest BCUT2D eigenvalue weighted by Gasteiger charge is 1.79. The molecule has 0 unspecified atom stereocenters. The summed E-state index contributed by atoms with van der Waals surface area (Å²) in [5, 5.41) is 13.3. The average Bonchev–Trinajstić information content (AvgIpc) is 1.65. The molecular formula is C3H8N2O3S. The minimum absolute atomic E-state index is 0.139. The van der Waals surface area contributed by atoms with Gasteiger partial charge in [0.05, 0.1) is 0 Å². The second kappa shape index (κ2) is 7.25. The van der Waals surface area contributed by atoms with Crippen molar-refractivity contribution in [3.05, 3.63) is 0 Å². The summed E-state index contributed by atoms with van der Waals surface area (Å²) in [5.74, 6) is -0.690. The Bertz CT molecular complexity index is 101. The zero-order valence-electron chi connectivity index (χ0n) is 4.79. The van der Waals surface area contributed by atoms with Crippen molar-refractivity contribution < 1.29 is 14.9 Å². The lowest BCUT2D eigenvalue weighted by Gasteiger charge is -1.76. The van der Waals surface area contributed by atoms with Crippen molar-refractivity contribution in [2.45, 2.75) is 6.92 Å². The Morgan fingerprint density at radius 3 is 2.00 bits per heavy atom. The number of amidine groups is 1. The number of thiol groups is 1. The number of rotatable bonds is 0. The van der Waals surface area contributed by atoms with E-state index in [0.717, 1.165) is 6.92 Å². The summed E-state index contributed by atoms with van der Waals surface area (Å²) in [6, 6.07) is 0. The van der Waals surface area contributed by atoms with Gasteiger partial charge in [0.15, 0.2) is 0 Å². The van der Waals surface area contributed by atoms with E-state index in [2.05, 4.69) is 23.3 Å². The summed E-state index contributed by atoms with van der Waals surface area (Å²) in [4.78, 5) is 12.5.